The third-order valence-corrected chi connectivity index (χ3v) is 3.21. The van der Waals surface area contributed by atoms with Gasteiger partial charge in [-0.15, -0.1) is 13.2 Å². The third-order valence-electron chi connectivity index (χ3n) is 3.21. The Kier molecular flexibility index (Phi) is 4.68. The number of para-hydroxylation sites is 1. The van der Waals surface area contributed by atoms with Crippen molar-refractivity contribution in [2.24, 2.45) is 0 Å². The average Bonchev–Trinajstić information content (AvgIpc) is 2.44. The summed E-state index contributed by atoms with van der Waals surface area (Å²) in [6.07, 6.45) is -9.56. The quantitative estimate of drug-likeness (QED) is 0.694. The average molecular weight is 349 g/mol. The van der Waals surface area contributed by atoms with Crippen LogP contribution in [0.4, 0.5) is 32.0 Å². The topological polar surface area (TPSA) is 12.5 Å². The van der Waals surface area contributed by atoms with E-state index < -0.39 is 23.9 Å². The number of alkyl halides is 6. The van der Waals surface area contributed by atoms with E-state index in [1.807, 2.05) is 0 Å². The van der Waals surface area contributed by atoms with E-state index in [-0.39, 0.29) is 11.1 Å². The van der Waals surface area contributed by atoms with Crippen molar-refractivity contribution in [1.82, 2.24) is 0 Å². The molecule has 0 unspecified atom stereocenters. The summed E-state index contributed by atoms with van der Waals surface area (Å²) >= 11 is 0. The highest BCUT2D eigenvalue weighted by Gasteiger charge is 2.34. The molecule has 0 aliphatic rings. The van der Waals surface area contributed by atoms with Gasteiger partial charge in [0, 0.05) is 30.9 Å². The van der Waals surface area contributed by atoms with Gasteiger partial charge in [-0.3, -0.25) is 0 Å². The normalized spacial score (nSPS) is 12.2. The molecule has 130 valence electrons. The van der Waals surface area contributed by atoms with Gasteiger partial charge in [0.25, 0.3) is 0 Å². The van der Waals surface area contributed by atoms with Gasteiger partial charge in [-0.25, -0.2) is 0 Å². The molecule has 0 saturated heterocycles. The van der Waals surface area contributed by atoms with E-state index in [1.54, 1.807) is 14.1 Å². The van der Waals surface area contributed by atoms with Gasteiger partial charge in [0.2, 0.25) is 0 Å². The molecule has 0 bridgehead atoms. The summed E-state index contributed by atoms with van der Waals surface area (Å²) in [7, 11) is 3.17. The van der Waals surface area contributed by atoms with E-state index in [1.165, 1.54) is 29.2 Å². The smallest absolute Gasteiger partial charge is 0.405 e. The molecule has 2 rings (SSSR count). The molecule has 0 amide bonds. The molecular weight excluding hydrogens is 336 g/mol. The first-order valence-electron chi connectivity index (χ1n) is 6.73. The Bertz CT molecular complexity index is 721. The van der Waals surface area contributed by atoms with Crippen molar-refractivity contribution in [3.8, 4) is 16.9 Å². The van der Waals surface area contributed by atoms with E-state index in [0.29, 0.717) is 5.69 Å². The highest BCUT2D eigenvalue weighted by molar-refractivity contribution is 5.82. The predicted octanol–water partition coefficient (Wildman–Crippen LogP) is 5.34. The molecule has 2 nitrogen and oxygen atoms in total. The number of nitrogens with zero attached hydrogens (tertiary/aromatic N) is 1. The molecule has 0 radical (unpaired) electrons. The summed E-state index contributed by atoms with van der Waals surface area (Å²) in [6, 6.07) is 7.99. The highest BCUT2D eigenvalue weighted by atomic mass is 19.4. The van der Waals surface area contributed by atoms with Crippen LogP contribution in [0.1, 0.15) is 5.56 Å². The summed E-state index contributed by atoms with van der Waals surface area (Å²) in [6.45, 7) is 0. The first-order valence-corrected chi connectivity index (χ1v) is 6.73. The van der Waals surface area contributed by atoms with Crippen LogP contribution >= 0.6 is 0 Å². The first kappa shape index (κ1) is 18.0. The second-order valence-corrected chi connectivity index (χ2v) is 5.17. The molecule has 8 heteroatoms. The summed E-state index contributed by atoms with van der Waals surface area (Å²) in [5, 5.41) is 0. The van der Waals surface area contributed by atoms with E-state index >= 15 is 0 Å². The van der Waals surface area contributed by atoms with Crippen molar-refractivity contribution in [1.29, 1.82) is 0 Å². The minimum absolute atomic E-state index is 0.00493. The molecule has 0 aliphatic heterocycles. The lowest BCUT2D eigenvalue weighted by molar-refractivity contribution is -0.274. The van der Waals surface area contributed by atoms with Gasteiger partial charge in [0.15, 0.2) is 0 Å². The fourth-order valence-corrected chi connectivity index (χ4v) is 2.22. The van der Waals surface area contributed by atoms with Crippen LogP contribution in [-0.4, -0.2) is 20.5 Å². The van der Waals surface area contributed by atoms with Crippen LogP contribution in [0, 0.1) is 0 Å². The lowest BCUT2D eigenvalue weighted by Gasteiger charge is -2.21. The lowest BCUT2D eigenvalue weighted by Crippen LogP contribution is -2.18. The Morgan fingerprint density at radius 3 is 2.00 bits per heavy atom. The largest absolute Gasteiger partial charge is 0.573 e. The minimum Gasteiger partial charge on any atom is -0.405 e. The minimum atomic E-state index is -4.95. The van der Waals surface area contributed by atoms with Crippen molar-refractivity contribution < 1.29 is 31.1 Å². The van der Waals surface area contributed by atoms with Gasteiger partial charge < -0.3 is 9.64 Å². The summed E-state index contributed by atoms with van der Waals surface area (Å²) in [5.41, 5.74) is -0.703. The second-order valence-electron chi connectivity index (χ2n) is 5.17. The predicted molar refractivity (Wildman–Crippen MR) is 77.9 cm³/mol. The van der Waals surface area contributed by atoms with E-state index in [0.717, 1.165) is 18.2 Å². The van der Waals surface area contributed by atoms with E-state index in [9.17, 15) is 26.3 Å². The van der Waals surface area contributed by atoms with Crippen LogP contribution in [0.3, 0.4) is 0 Å². The lowest BCUT2D eigenvalue weighted by atomic mass is 9.99. The van der Waals surface area contributed by atoms with E-state index in [4.69, 9.17) is 0 Å². The van der Waals surface area contributed by atoms with Crippen LogP contribution in [0.5, 0.6) is 5.75 Å². The molecule has 0 N–H and O–H groups in total. The zero-order chi connectivity index (χ0) is 18.1. The fourth-order valence-electron chi connectivity index (χ4n) is 2.22. The van der Waals surface area contributed by atoms with Gasteiger partial charge in [0.1, 0.15) is 5.75 Å². The number of ether oxygens (including phenoxy) is 1. The second kappa shape index (κ2) is 6.26. The first-order chi connectivity index (χ1) is 11.0. The number of hydrogen-bond donors (Lipinski definition) is 0. The van der Waals surface area contributed by atoms with Gasteiger partial charge in [-0.1, -0.05) is 18.2 Å². The molecule has 0 fully saturated rings. The number of anilines is 1. The van der Waals surface area contributed by atoms with Crippen molar-refractivity contribution in [3.63, 3.8) is 0 Å². The van der Waals surface area contributed by atoms with Crippen molar-refractivity contribution in [2.75, 3.05) is 19.0 Å². The summed E-state index contributed by atoms with van der Waals surface area (Å²) < 4.78 is 80.5. The molecule has 0 aliphatic carbocycles. The summed E-state index contributed by atoms with van der Waals surface area (Å²) in [4.78, 5) is 1.51. The number of hydrogen-bond acceptors (Lipinski definition) is 2. The van der Waals surface area contributed by atoms with Crippen molar-refractivity contribution >= 4 is 5.69 Å². The standard InChI is InChI=1S/C16H13F6NO/c1-23(2)13-8-7-10(15(17,18)19)9-12(13)11-5-3-4-6-14(11)24-16(20,21)22/h3-9H,1-2H3. The Morgan fingerprint density at radius 2 is 1.46 bits per heavy atom. The number of benzene rings is 2. The van der Waals surface area contributed by atoms with Crippen molar-refractivity contribution in [2.45, 2.75) is 12.5 Å². The van der Waals surface area contributed by atoms with Crippen LogP contribution in [0.15, 0.2) is 42.5 Å². The van der Waals surface area contributed by atoms with Gasteiger partial charge >= 0.3 is 12.5 Å². The molecule has 2 aromatic rings. The van der Waals surface area contributed by atoms with Gasteiger partial charge in [0.05, 0.1) is 5.56 Å². The van der Waals surface area contributed by atoms with Gasteiger partial charge in [-0.2, -0.15) is 13.2 Å². The molecule has 24 heavy (non-hydrogen) atoms. The SMILES string of the molecule is CN(C)c1ccc(C(F)(F)F)cc1-c1ccccc1OC(F)(F)F. The Balaban J connectivity index is 2.67. The Labute approximate surface area is 134 Å². The van der Waals surface area contributed by atoms with E-state index in [2.05, 4.69) is 4.74 Å². The zero-order valence-electron chi connectivity index (χ0n) is 12.7. The van der Waals surface area contributed by atoms with Crippen LogP contribution in [-0.2, 0) is 6.18 Å². The maximum Gasteiger partial charge on any atom is 0.573 e. The fraction of sp³-hybridized carbons (Fsp3) is 0.250. The molecular formula is C16H13F6NO. The van der Waals surface area contributed by atoms with Crippen LogP contribution in [0.2, 0.25) is 0 Å². The molecule has 0 saturated carbocycles. The van der Waals surface area contributed by atoms with Crippen LogP contribution < -0.4 is 9.64 Å². The Morgan fingerprint density at radius 1 is 0.833 bits per heavy atom. The molecule has 2 aromatic carbocycles. The van der Waals surface area contributed by atoms with Crippen molar-refractivity contribution in [3.05, 3.63) is 48.0 Å². The molecule has 0 heterocycles. The maximum atomic E-state index is 13.0. The number of halogens is 6. The highest BCUT2D eigenvalue weighted by Crippen LogP contribution is 2.41. The zero-order valence-corrected chi connectivity index (χ0v) is 12.7. The molecule has 0 spiro atoms. The van der Waals surface area contributed by atoms with Gasteiger partial charge in [-0.05, 0) is 24.3 Å². The third kappa shape index (κ3) is 4.12. The van der Waals surface area contributed by atoms with Crippen LogP contribution in [0.25, 0.3) is 11.1 Å². The molecule has 0 atom stereocenters. The number of rotatable bonds is 3. The molecule has 0 aromatic heterocycles. The Hall–Kier alpha value is -2.38. The summed E-state index contributed by atoms with van der Waals surface area (Å²) in [5.74, 6) is -0.563. The monoisotopic (exact) mass is 349 g/mol. The maximum absolute atomic E-state index is 13.0.